The highest BCUT2D eigenvalue weighted by molar-refractivity contribution is 5.78. The van der Waals surface area contributed by atoms with Crippen LogP contribution in [0.25, 0.3) is 0 Å². The van der Waals surface area contributed by atoms with Gasteiger partial charge >= 0.3 is 0 Å². The zero-order valence-electron chi connectivity index (χ0n) is 17.2. The van der Waals surface area contributed by atoms with Crippen molar-refractivity contribution < 1.29 is 14.3 Å². The minimum absolute atomic E-state index is 0.190. The molecule has 1 amide bonds. The maximum Gasteiger partial charge on any atom is 0.234 e. The zero-order chi connectivity index (χ0) is 19.5. The first-order valence-electron chi connectivity index (χ1n) is 10.7. The van der Waals surface area contributed by atoms with Gasteiger partial charge < -0.3 is 14.8 Å². The molecule has 4 rings (SSSR count). The number of fused-ring (bicyclic) bond motifs is 1. The maximum atomic E-state index is 12.5. The average Bonchev–Trinajstić information content (AvgIpc) is 3.15. The fourth-order valence-corrected chi connectivity index (χ4v) is 4.64. The fourth-order valence-electron chi connectivity index (χ4n) is 4.64. The Morgan fingerprint density at radius 1 is 1.07 bits per heavy atom. The number of hydrogen-bond acceptors (Lipinski definition) is 5. The lowest BCUT2D eigenvalue weighted by Crippen LogP contribution is -2.51. The van der Waals surface area contributed by atoms with Gasteiger partial charge in [0.1, 0.15) is 0 Å². The molecule has 0 unspecified atom stereocenters. The van der Waals surface area contributed by atoms with E-state index in [4.69, 9.17) is 9.47 Å². The van der Waals surface area contributed by atoms with Gasteiger partial charge in [0.2, 0.25) is 12.7 Å². The third-order valence-electron chi connectivity index (χ3n) is 6.73. The van der Waals surface area contributed by atoms with E-state index < -0.39 is 0 Å². The van der Waals surface area contributed by atoms with Gasteiger partial charge in [-0.1, -0.05) is 32.8 Å². The van der Waals surface area contributed by atoms with E-state index in [2.05, 4.69) is 41.1 Å². The molecule has 3 atom stereocenters. The predicted molar refractivity (Wildman–Crippen MR) is 108 cm³/mol. The Balaban J connectivity index is 1.20. The van der Waals surface area contributed by atoms with Crippen LogP contribution in [0.2, 0.25) is 0 Å². The summed E-state index contributed by atoms with van der Waals surface area (Å²) in [6.07, 6.45) is 3.65. The highest BCUT2D eigenvalue weighted by Gasteiger charge is 2.29. The van der Waals surface area contributed by atoms with Gasteiger partial charge in [-0.15, -0.1) is 0 Å². The molecule has 0 spiro atoms. The van der Waals surface area contributed by atoms with Gasteiger partial charge in [-0.2, -0.15) is 0 Å². The largest absolute Gasteiger partial charge is 0.454 e. The smallest absolute Gasteiger partial charge is 0.234 e. The molecule has 6 heteroatoms. The number of carbonyl (C=O) groups is 1. The van der Waals surface area contributed by atoms with Gasteiger partial charge in [0.05, 0.1) is 6.54 Å². The van der Waals surface area contributed by atoms with E-state index in [1.807, 2.05) is 6.07 Å². The van der Waals surface area contributed by atoms with Crippen LogP contribution in [0.3, 0.4) is 0 Å². The van der Waals surface area contributed by atoms with Crippen LogP contribution in [-0.2, 0) is 11.3 Å². The molecule has 1 aliphatic carbocycles. The third-order valence-corrected chi connectivity index (χ3v) is 6.73. The van der Waals surface area contributed by atoms with E-state index in [0.29, 0.717) is 31.2 Å². The second-order valence-electron chi connectivity index (χ2n) is 8.68. The summed E-state index contributed by atoms with van der Waals surface area (Å²) >= 11 is 0. The van der Waals surface area contributed by atoms with Gasteiger partial charge in [0.25, 0.3) is 0 Å². The number of piperazine rings is 1. The van der Waals surface area contributed by atoms with E-state index in [9.17, 15) is 4.79 Å². The van der Waals surface area contributed by atoms with Crippen molar-refractivity contribution in [3.8, 4) is 11.5 Å². The van der Waals surface area contributed by atoms with Crippen LogP contribution in [0.1, 0.15) is 38.7 Å². The second kappa shape index (κ2) is 8.70. The van der Waals surface area contributed by atoms with Crippen molar-refractivity contribution in [3.05, 3.63) is 23.8 Å². The van der Waals surface area contributed by atoms with Crippen molar-refractivity contribution in [1.82, 2.24) is 15.1 Å². The molecule has 6 nitrogen and oxygen atoms in total. The number of carbonyl (C=O) groups excluding carboxylic acids is 1. The van der Waals surface area contributed by atoms with E-state index in [1.54, 1.807) is 0 Å². The number of nitrogens with one attached hydrogen (secondary N) is 1. The number of benzene rings is 1. The Kier molecular flexibility index (Phi) is 6.07. The Morgan fingerprint density at radius 2 is 1.82 bits per heavy atom. The van der Waals surface area contributed by atoms with Gasteiger partial charge in [-0.05, 0) is 36.0 Å². The quantitative estimate of drug-likeness (QED) is 0.841. The van der Waals surface area contributed by atoms with Gasteiger partial charge in [0, 0.05) is 38.8 Å². The number of rotatable bonds is 5. The first kappa shape index (κ1) is 19.5. The highest BCUT2D eigenvalue weighted by Crippen LogP contribution is 2.33. The fraction of sp³-hybridized carbons (Fsp3) is 0.682. The van der Waals surface area contributed by atoms with E-state index in [-0.39, 0.29) is 5.91 Å². The number of hydrogen-bond donors (Lipinski definition) is 1. The van der Waals surface area contributed by atoms with Crippen LogP contribution in [0.4, 0.5) is 0 Å². The monoisotopic (exact) mass is 387 g/mol. The van der Waals surface area contributed by atoms with Crippen molar-refractivity contribution in [2.45, 2.75) is 45.7 Å². The van der Waals surface area contributed by atoms with Crippen molar-refractivity contribution in [2.24, 2.45) is 11.8 Å². The summed E-state index contributed by atoms with van der Waals surface area (Å²) in [5, 5.41) is 3.30. The summed E-state index contributed by atoms with van der Waals surface area (Å²) < 4.78 is 10.9. The summed E-state index contributed by atoms with van der Waals surface area (Å²) in [5.74, 6) is 3.16. The number of ether oxygens (including phenoxy) is 2. The van der Waals surface area contributed by atoms with Crippen LogP contribution in [0.15, 0.2) is 18.2 Å². The Bertz CT molecular complexity index is 688. The molecule has 1 saturated heterocycles. The predicted octanol–water partition coefficient (Wildman–Crippen LogP) is 2.47. The van der Waals surface area contributed by atoms with Crippen molar-refractivity contribution in [2.75, 3.05) is 39.5 Å². The molecule has 1 N–H and O–H groups in total. The average molecular weight is 388 g/mol. The first-order valence-corrected chi connectivity index (χ1v) is 10.7. The van der Waals surface area contributed by atoms with Crippen molar-refractivity contribution >= 4 is 5.91 Å². The molecule has 1 aromatic carbocycles. The lowest BCUT2D eigenvalue weighted by molar-refractivity contribution is -0.124. The topological polar surface area (TPSA) is 54.0 Å². The molecule has 2 aliphatic heterocycles. The summed E-state index contributed by atoms with van der Waals surface area (Å²) in [5.41, 5.74) is 1.25. The minimum atomic E-state index is 0.190. The Labute approximate surface area is 168 Å². The summed E-state index contributed by atoms with van der Waals surface area (Å²) in [6, 6.07) is 6.53. The summed E-state index contributed by atoms with van der Waals surface area (Å²) in [7, 11) is 0. The molecule has 1 saturated carbocycles. The molecule has 154 valence electrons. The van der Waals surface area contributed by atoms with Crippen LogP contribution >= 0.6 is 0 Å². The lowest BCUT2D eigenvalue weighted by atomic mass is 9.78. The van der Waals surface area contributed by atoms with Crippen molar-refractivity contribution in [3.63, 3.8) is 0 Å². The molecule has 2 heterocycles. The van der Waals surface area contributed by atoms with Gasteiger partial charge in [-0.25, -0.2) is 0 Å². The van der Waals surface area contributed by atoms with Crippen LogP contribution < -0.4 is 14.8 Å². The first-order chi connectivity index (χ1) is 13.6. The summed E-state index contributed by atoms with van der Waals surface area (Å²) in [6.45, 7) is 10.2. The maximum absolute atomic E-state index is 12.5. The molecule has 1 aromatic rings. The molecular weight excluding hydrogens is 354 g/mol. The number of amides is 1. The molecule has 0 radical (unpaired) electrons. The standard InChI is InChI=1S/C22H33N3O3/c1-16-4-3-5-19(17(16)2)23-22(26)14-25-10-8-24(9-11-25)13-18-6-7-20-21(12-18)28-15-27-20/h6-7,12,16-17,19H,3-5,8-11,13-15H2,1-2H3,(H,23,26)/t16-,17-,19+/m1/s1. The van der Waals surface area contributed by atoms with Crippen LogP contribution in [0.5, 0.6) is 11.5 Å². The minimum Gasteiger partial charge on any atom is -0.454 e. The number of nitrogens with zero attached hydrogens (tertiary/aromatic N) is 2. The summed E-state index contributed by atoms with van der Waals surface area (Å²) in [4.78, 5) is 17.2. The van der Waals surface area contributed by atoms with Crippen LogP contribution in [-0.4, -0.2) is 61.3 Å². The van der Waals surface area contributed by atoms with E-state index in [0.717, 1.165) is 50.6 Å². The molecular formula is C22H33N3O3. The zero-order valence-corrected chi connectivity index (χ0v) is 17.2. The molecule has 28 heavy (non-hydrogen) atoms. The molecule has 2 fully saturated rings. The normalized spacial score (nSPS) is 28.3. The van der Waals surface area contributed by atoms with Gasteiger partial charge in [-0.3, -0.25) is 14.6 Å². The van der Waals surface area contributed by atoms with Crippen molar-refractivity contribution in [1.29, 1.82) is 0 Å². The SMILES string of the molecule is C[C@@H]1[C@H](C)CCC[C@@H]1NC(=O)CN1CCN(Cc2ccc3c(c2)OCO3)CC1. The highest BCUT2D eigenvalue weighted by atomic mass is 16.7. The second-order valence-corrected chi connectivity index (χ2v) is 8.68. The molecule has 0 bridgehead atoms. The molecule has 3 aliphatic rings. The van der Waals surface area contributed by atoms with Gasteiger partial charge in [0.15, 0.2) is 11.5 Å². The van der Waals surface area contributed by atoms with Crippen LogP contribution in [0, 0.1) is 11.8 Å². The van der Waals surface area contributed by atoms with E-state index >= 15 is 0 Å². The third kappa shape index (κ3) is 4.61. The lowest BCUT2D eigenvalue weighted by Gasteiger charge is -2.36. The Morgan fingerprint density at radius 3 is 2.64 bits per heavy atom. The Hall–Kier alpha value is -1.79. The molecule has 0 aromatic heterocycles. The van der Waals surface area contributed by atoms with E-state index in [1.165, 1.54) is 18.4 Å².